The molecule has 84 valence electrons. The van der Waals surface area contributed by atoms with E-state index in [0.717, 1.165) is 17.4 Å². The monoisotopic (exact) mass is 269 g/mol. The summed E-state index contributed by atoms with van der Waals surface area (Å²) in [5.74, 6) is 0.503. The van der Waals surface area contributed by atoms with Crippen molar-refractivity contribution < 1.29 is 0 Å². The quantitative estimate of drug-likeness (QED) is 0.755. The summed E-state index contributed by atoms with van der Waals surface area (Å²) in [4.78, 5) is 3.80. The van der Waals surface area contributed by atoms with Gasteiger partial charge in [-0.1, -0.05) is 11.6 Å². The maximum Gasteiger partial charge on any atom is 0.0934 e. The lowest BCUT2D eigenvalue weighted by molar-refractivity contribution is 0.299. The third-order valence-electron chi connectivity index (χ3n) is 3.04. The van der Waals surface area contributed by atoms with E-state index in [1.165, 1.54) is 16.0 Å². The maximum absolute atomic E-state index is 6.13. The predicted octanol–water partition coefficient (Wildman–Crippen LogP) is 4.04. The molecular formula is C12H12ClNS2. The molecule has 0 N–H and O–H groups in total. The summed E-state index contributed by atoms with van der Waals surface area (Å²) in [6, 6.07) is 4.38. The fourth-order valence-corrected chi connectivity index (χ4v) is 4.44. The van der Waals surface area contributed by atoms with E-state index in [1.54, 1.807) is 22.7 Å². The molecule has 3 rings (SSSR count). The molecule has 0 aromatic carbocycles. The van der Waals surface area contributed by atoms with Gasteiger partial charge >= 0.3 is 0 Å². The van der Waals surface area contributed by atoms with Crippen LogP contribution in [0.15, 0.2) is 22.9 Å². The van der Waals surface area contributed by atoms with Crippen LogP contribution in [0, 0.1) is 0 Å². The normalized spacial score (nSPS) is 21.0. The average Bonchev–Trinajstić information content (AvgIpc) is 2.83. The average molecular weight is 270 g/mol. The maximum atomic E-state index is 6.13. The number of hydrogen-bond acceptors (Lipinski definition) is 3. The molecule has 1 nitrogen and oxygen atoms in total. The lowest BCUT2D eigenvalue weighted by Crippen LogP contribution is -2.29. The first kappa shape index (κ1) is 10.8. The Bertz CT molecular complexity index is 489. The fraction of sp³-hybridized carbons (Fsp3) is 0.333. The first-order valence-corrected chi connectivity index (χ1v) is 7.36. The molecule has 0 amide bonds. The Morgan fingerprint density at radius 1 is 1.50 bits per heavy atom. The van der Waals surface area contributed by atoms with Crippen LogP contribution in [0.3, 0.4) is 0 Å². The lowest BCUT2D eigenvalue weighted by Gasteiger charge is -2.29. The molecule has 16 heavy (non-hydrogen) atoms. The Morgan fingerprint density at radius 2 is 2.38 bits per heavy atom. The Labute approximate surface area is 108 Å². The van der Waals surface area contributed by atoms with Gasteiger partial charge in [0.1, 0.15) is 0 Å². The van der Waals surface area contributed by atoms with Crippen molar-refractivity contribution in [2.75, 3.05) is 13.6 Å². The van der Waals surface area contributed by atoms with Gasteiger partial charge in [0.05, 0.1) is 4.34 Å². The van der Waals surface area contributed by atoms with E-state index >= 15 is 0 Å². The topological polar surface area (TPSA) is 3.24 Å². The van der Waals surface area contributed by atoms with Crippen molar-refractivity contribution in [3.05, 3.63) is 43.2 Å². The van der Waals surface area contributed by atoms with Crippen LogP contribution in [0.4, 0.5) is 0 Å². The van der Waals surface area contributed by atoms with Crippen molar-refractivity contribution in [3.8, 4) is 0 Å². The largest absolute Gasteiger partial charge is 0.300 e. The summed E-state index contributed by atoms with van der Waals surface area (Å²) in [5.41, 5.74) is 2.86. The number of rotatable bonds is 1. The molecule has 0 saturated carbocycles. The summed E-state index contributed by atoms with van der Waals surface area (Å²) < 4.78 is 0.917. The molecule has 2 aromatic rings. The molecule has 1 unspecified atom stereocenters. The third-order valence-corrected chi connectivity index (χ3v) is 5.01. The highest BCUT2D eigenvalue weighted by atomic mass is 35.5. The van der Waals surface area contributed by atoms with Gasteiger partial charge in [-0.25, -0.2) is 0 Å². The zero-order valence-electron chi connectivity index (χ0n) is 8.94. The fourth-order valence-electron chi connectivity index (χ4n) is 2.31. The minimum atomic E-state index is 0.503. The molecule has 3 heterocycles. The smallest absolute Gasteiger partial charge is 0.0934 e. The summed E-state index contributed by atoms with van der Waals surface area (Å²) in [5, 5.41) is 4.40. The Balaban J connectivity index is 2.06. The van der Waals surface area contributed by atoms with Gasteiger partial charge < -0.3 is 4.90 Å². The molecule has 1 aliphatic rings. The summed E-state index contributed by atoms with van der Waals surface area (Å²) in [7, 11) is 2.18. The number of likely N-dealkylation sites (N-methyl/N-ethyl adjacent to an activating group) is 1. The van der Waals surface area contributed by atoms with Gasteiger partial charge in [-0.05, 0) is 41.1 Å². The number of thiophene rings is 2. The first-order valence-electron chi connectivity index (χ1n) is 5.23. The minimum Gasteiger partial charge on any atom is -0.300 e. The lowest BCUT2D eigenvalue weighted by atomic mass is 9.90. The summed E-state index contributed by atoms with van der Waals surface area (Å²) in [6.45, 7) is 2.13. The second-order valence-electron chi connectivity index (χ2n) is 4.24. The summed E-state index contributed by atoms with van der Waals surface area (Å²) >= 11 is 9.62. The van der Waals surface area contributed by atoms with Crippen LogP contribution in [0.25, 0.3) is 0 Å². The van der Waals surface area contributed by atoms with Gasteiger partial charge in [-0.15, -0.1) is 11.3 Å². The molecule has 0 fully saturated rings. The molecule has 0 bridgehead atoms. The summed E-state index contributed by atoms with van der Waals surface area (Å²) in [6.07, 6.45) is 0. The number of hydrogen-bond donors (Lipinski definition) is 0. The Kier molecular flexibility index (Phi) is 2.80. The van der Waals surface area contributed by atoms with Crippen LogP contribution in [-0.2, 0) is 6.54 Å². The zero-order valence-corrected chi connectivity index (χ0v) is 11.3. The molecule has 0 spiro atoms. The van der Waals surface area contributed by atoms with Crippen LogP contribution in [0.1, 0.15) is 21.9 Å². The molecule has 1 atom stereocenters. The standard InChI is InChI=1S/C12H12ClNS2/c1-14-5-10(8-2-3-15-7-8)9-4-12(13)16-11(9)6-14/h2-4,7,10H,5-6H2,1H3. The van der Waals surface area contributed by atoms with Crippen LogP contribution < -0.4 is 0 Å². The van der Waals surface area contributed by atoms with Gasteiger partial charge in [0, 0.05) is 23.9 Å². The van der Waals surface area contributed by atoms with E-state index in [0.29, 0.717) is 5.92 Å². The highest BCUT2D eigenvalue weighted by Crippen LogP contribution is 2.39. The second-order valence-corrected chi connectivity index (χ2v) is 6.78. The highest BCUT2D eigenvalue weighted by molar-refractivity contribution is 7.16. The van der Waals surface area contributed by atoms with E-state index < -0.39 is 0 Å². The number of fused-ring (bicyclic) bond motifs is 1. The highest BCUT2D eigenvalue weighted by Gasteiger charge is 2.26. The third kappa shape index (κ3) is 1.82. The number of halogens is 1. The van der Waals surface area contributed by atoms with Gasteiger partial charge in [0.2, 0.25) is 0 Å². The number of nitrogens with zero attached hydrogens (tertiary/aromatic N) is 1. The van der Waals surface area contributed by atoms with Gasteiger partial charge in [0.15, 0.2) is 0 Å². The molecule has 0 saturated heterocycles. The zero-order chi connectivity index (χ0) is 11.1. The molecule has 0 radical (unpaired) electrons. The van der Waals surface area contributed by atoms with Crippen molar-refractivity contribution in [2.24, 2.45) is 0 Å². The van der Waals surface area contributed by atoms with Gasteiger partial charge in [-0.3, -0.25) is 0 Å². The first-order chi connectivity index (χ1) is 7.74. The Morgan fingerprint density at radius 3 is 3.12 bits per heavy atom. The van der Waals surface area contributed by atoms with Crippen LogP contribution in [0.5, 0.6) is 0 Å². The minimum absolute atomic E-state index is 0.503. The van der Waals surface area contributed by atoms with E-state index in [1.807, 2.05) is 0 Å². The molecule has 0 aliphatic carbocycles. The van der Waals surface area contributed by atoms with Gasteiger partial charge in [0.25, 0.3) is 0 Å². The van der Waals surface area contributed by atoms with Crippen molar-refractivity contribution in [2.45, 2.75) is 12.5 Å². The SMILES string of the molecule is CN1Cc2sc(Cl)cc2C(c2ccsc2)C1. The molecule has 2 aromatic heterocycles. The molecule has 1 aliphatic heterocycles. The van der Waals surface area contributed by atoms with Crippen LogP contribution in [-0.4, -0.2) is 18.5 Å². The van der Waals surface area contributed by atoms with Crippen molar-refractivity contribution in [1.82, 2.24) is 4.90 Å². The second kappa shape index (κ2) is 4.15. The predicted molar refractivity (Wildman–Crippen MR) is 71.8 cm³/mol. The van der Waals surface area contributed by atoms with E-state index in [-0.39, 0.29) is 0 Å². The van der Waals surface area contributed by atoms with E-state index in [4.69, 9.17) is 11.6 Å². The van der Waals surface area contributed by atoms with E-state index in [9.17, 15) is 0 Å². The van der Waals surface area contributed by atoms with Crippen molar-refractivity contribution in [1.29, 1.82) is 0 Å². The van der Waals surface area contributed by atoms with Crippen LogP contribution in [0.2, 0.25) is 4.34 Å². The van der Waals surface area contributed by atoms with Gasteiger partial charge in [-0.2, -0.15) is 11.3 Å². The van der Waals surface area contributed by atoms with Crippen LogP contribution >= 0.6 is 34.3 Å². The Hall–Kier alpha value is -0.350. The van der Waals surface area contributed by atoms with E-state index in [2.05, 4.69) is 34.8 Å². The molecular weight excluding hydrogens is 258 g/mol. The van der Waals surface area contributed by atoms with Crippen molar-refractivity contribution >= 4 is 34.3 Å². The van der Waals surface area contributed by atoms with Crippen molar-refractivity contribution in [3.63, 3.8) is 0 Å². The molecule has 4 heteroatoms.